The van der Waals surface area contributed by atoms with Gasteiger partial charge in [0.1, 0.15) is 0 Å². The Bertz CT molecular complexity index is 496. The number of para-hydroxylation sites is 1. The van der Waals surface area contributed by atoms with E-state index in [0.29, 0.717) is 0 Å². The normalized spacial score (nSPS) is 9.47. The number of aryl methyl sites for hydroxylation is 1. The number of hydrogen-bond donors (Lipinski definition) is 1. The van der Waals surface area contributed by atoms with E-state index in [9.17, 15) is 0 Å². The third kappa shape index (κ3) is 4.28. The first-order valence-corrected chi connectivity index (χ1v) is 5.58. The summed E-state index contributed by atoms with van der Waals surface area (Å²) in [5, 5.41) is 16.0. The summed E-state index contributed by atoms with van der Waals surface area (Å²) in [6.07, 6.45) is 2.10. The molecule has 17 heavy (non-hydrogen) atoms. The molecule has 6 heteroatoms. The number of pyridine rings is 1. The molecule has 0 atom stereocenters. The van der Waals surface area contributed by atoms with Crippen molar-refractivity contribution in [3.8, 4) is 0 Å². The molecule has 1 heterocycles. The van der Waals surface area contributed by atoms with Crippen molar-refractivity contribution in [1.29, 1.82) is 0 Å². The van der Waals surface area contributed by atoms with Crippen molar-refractivity contribution in [2.45, 2.75) is 6.54 Å². The number of thiol groups is 1. The maximum Gasteiger partial charge on any atom is 0.212 e. The fourth-order valence-electron chi connectivity index (χ4n) is 1.52. The molecule has 0 aliphatic heterocycles. The van der Waals surface area contributed by atoms with Crippen LogP contribution >= 0.6 is 12.6 Å². The average molecular weight is 252 g/mol. The monoisotopic (exact) mass is 252 g/mol. The van der Waals surface area contributed by atoms with Gasteiger partial charge in [-0.3, -0.25) is 0 Å². The molecule has 0 aliphatic rings. The highest BCUT2D eigenvalue weighted by atomic mass is 32.1. The number of rotatable bonds is 2. The average Bonchev–Trinajstić information content (AvgIpc) is 2.29. The van der Waals surface area contributed by atoms with Gasteiger partial charge in [0.2, 0.25) is 5.52 Å². The zero-order valence-corrected chi connectivity index (χ0v) is 9.92. The first-order chi connectivity index (χ1) is 8.15. The van der Waals surface area contributed by atoms with E-state index < -0.39 is 5.09 Å². The van der Waals surface area contributed by atoms with Crippen LogP contribution in [0.5, 0.6) is 0 Å². The highest BCUT2D eigenvalue weighted by Crippen LogP contribution is 2.07. The van der Waals surface area contributed by atoms with Crippen LogP contribution in [0.25, 0.3) is 10.9 Å². The lowest BCUT2D eigenvalue weighted by molar-refractivity contribution is -0.666. The minimum absolute atomic E-state index is 0.874. The van der Waals surface area contributed by atoms with Gasteiger partial charge in [-0.15, -0.1) is 0 Å². The lowest BCUT2D eigenvalue weighted by Gasteiger charge is -1.98. The Morgan fingerprint density at radius 3 is 2.41 bits per heavy atom. The first-order valence-electron chi connectivity index (χ1n) is 4.94. The van der Waals surface area contributed by atoms with E-state index in [0.717, 1.165) is 12.3 Å². The Balaban J connectivity index is 0.000000317. The van der Waals surface area contributed by atoms with Gasteiger partial charge in [0.25, 0.3) is 0 Å². The third-order valence-corrected chi connectivity index (χ3v) is 2.33. The molecule has 0 N–H and O–H groups in total. The van der Waals surface area contributed by atoms with Crippen molar-refractivity contribution in [2.75, 3.05) is 5.75 Å². The predicted molar refractivity (Wildman–Crippen MR) is 68.4 cm³/mol. The molecule has 90 valence electrons. The lowest BCUT2D eigenvalue weighted by Crippen LogP contribution is -2.34. The predicted octanol–water partition coefficient (Wildman–Crippen LogP) is 1.82. The van der Waals surface area contributed by atoms with Crippen molar-refractivity contribution in [3.05, 3.63) is 57.9 Å². The molecular weight excluding hydrogens is 240 g/mol. The number of aromatic nitrogens is 1. The topological polar surface area (TPSA) is 70.1 Å². The van der Waals surface area contributed by atoms with E-state index in [1.807, 2.05) is 0 Å². The van der Waals surface area contributed by atoms with E-state index in [4.69, 9.17) is 15.3 Å². The highest BCUT2D eigenvalue weighted by Gasteiger charge is 2.04. The maximum absolute atomic E-state index is 8.25. The summed E-state index contributed by atoms with van der Waals surface area (Å²) in [5.41, 5.74) is 1.28. The molecule has 0 spiro atoms. The van der Waals surface area contributed by atoms with Gasteiger partial charge in [-0.1, -0.05) is 12.1 Å². The smallest absolute Gasteiger partial charge is 0.212 e. The van der Waals surface area contributed by atoms with Crippen LogP contribution in [-0.4, -0.2) is 10.8 Å². The molecule has 0 fully saturated rings. The fraction of sp³-hybridized carbons (Fsp3) is 0.182. The summed E-state index contributed by atoms with van der Waals surface area (Å²) in [6, 6.07) is 12.6. The molecule has 2 rings (SSSR count). The van der Waals surface area contributed by atoms with Crippen molar-refractivity contribution < 1.29 is 9.65 Å². The quantitative estimate of drug-likeness (QED) is 0.383. The Morgan fingerprint density at radius 2 is 1.76 bits per heavy atom. The molecule has 0 unspecified atom stereocenters. The molecule has 0 saturated carbocycles. The standard InChI is InChI=1S/C11H11NS.NO3/c13-9-8-12-7-3-5-10-4-1-2-6-11(10)12;2-1(3)4/h1-7H,8-9H2;/q;-1/p+1. The molecule has 0 aliphatic carbocycles. The highest BCUT2D eigenvalue weighted by molar-refractivity contribution is 7.80. The summed E-state index contributed by atoms with van der Waals surface area (Å²) >= 11 is 4.24. The van der Waals surface area contributed by atoms with Gasteiger partial charge in [0.15, 0.2) is 12.7 Å². The number of nitrogens with zero attached hydrogens (tertiary/aromatic N) is 2. The van der Waals surface area contributed by atoms with E-state index in [1.54, 1.807) is 0 Å². The molecule has 1 aromatic heterocycles. The second kappa shape index (κ2) is 6.70. The van der Waals surface area contributed by atoms with Gasteiger partial charge in [0.05, 0.1) is 5.09 Å². The van der Waals surface area contributed by atoms with E-state index in [1.165, 1.54) is 10.9 Å². The fourth-order valence-corrected chi connectivity index (χ4v) is 1.74. The minimum atomic E-state index is -1.75. The Labute approximate surface area is 104 Å². The molecule has 5 nitrogen and oxygen atoms in total. The summed E-state index contributed by atoms with van der Waals surface area (Å²) in [6.45, 7) is 0.963. The van der Waals surface area contributed by atoms with Crippen LogP contribution in [0.1, 0.15) is 0 Å². The largest absolute Gasteiger partial charge is 0.356 e. The van der Waals surface area contributed by atoms with Gasteiger partial charge in [-0.2, -0.15) is 17.2 Å². The van der Waals surface area contributed by atoms with E-state index in [-0.39, 0.29) is 0 Å². The Morgan fingerprint density at radius 1 is 1.18 bits per heavy atom. The van der Waals surface area contributed by atoms with Crippen molar-refractivity contribution in [1.82, 2.24) is 0 Å². The van der Waals surface area contributed by atoms with Crippen LogP contribution < -0.4 is 4.57 Å². The Kier molecular flexibility index (Phi) is 5.22. The zero-order chi connectivity index (χ0) is 12.7. The van der Waals surface area contributed by atoms with Crippen LogP contribution in [-0.2, 0) is 6.54 Å². The second-order valence-corrected chi connectivity index (χ2v) is 3.65. The van der Waals surface area contributed by atoms with Gasteiger partial charge in [-0.05, 0) is 12.1 Å². The zero-order valence-electron chi connectivity index (χ0n) is 9.02. The first kappa shape index (κ1) is 13.2. The molecule has 1 aromatic carbocycles. The number of hydrogen-bond acceptors (Lipinski definition) is 4. The van der Waals surface area contributed by atoms with Crippen molar-refractivity contribution >= 4 is 23.5 Å². The Hall–Kier alpha value is -1.82. The summed E-state index contributed by atoms with van der Waals surface area (Å²) in [4.78, 5) is 8.25. The molecule has 2 aromatic rings. The molecule has 0 bridgehead atoms. The lowest BCUT2D eigenvalue weighted by atomic mass is 10.2. The molecular formula is C11H12N2O3S. The van der Waals surface area contributed by atoms with Gasteiger partial charge in [0, 0.05) is 23.3 Å². The number of fused-ring (bicyclic) bond motifs is 1. The summed E-state index contributed by atoms with van der Waals surface area (Å²) < 4.78 is 2.22. The molecule has 0 saturated heterocycles. The molecule has 0 radical (unpaired) electrons. The van der Waals surface area contributed by atoms with Crippen LogP contribution in [0.15, 0.2) is 42.6 Å². The van der Waals surface area contributed by atoms with Crippen LogP contribution in [0.4, 0.5) is 0 Å². The van der Waals surface area contributed by atoms with Crippen LogP contribution in [0, 0.1) is 15.3 Å². The van der Waals surface area contributed by atoms with Gasteiger partial charge >= 0.3 is 0 Å². The summed E-state index contributed by atoms with van der Waals surface area (Å²) in [7, 11) is 0. The third-order valence-electron chi connectivity index (χ3n) is 2.13. The number of benzene rings is 1. The van der Waals surface area contributed by atoms with Crippen molar-refractivity contribution in [2.24, 2.45) is 0 Å². The minimum Gasteiger partial charge on any atom is -0.356 e. The van der Waals surface area contributed by atoms with E-state index >= 15 is 0 Å². The van der Waals surface area contributed by atoms with Crippen molar-refractivity contribution in [3.63, 3.8) is 0 Å². The van der Waals surface area contributed by atoms with E-state index in [2.05, 4.69) is 59.8 Å². The second-order valence-electron chi connectivity index (χ2n) is 3.21. The summed E-state index contributed by atoms with van der Waals surface area (Å²) in [5.74, 6) is 0.874. The van der Waals surface area contributed by atoms with Crippen LogP contribution in [0.3, 0.4) is 0 Å². The molecule has 0 amide bonds. The maximum atomic E-state index is 8.25. The van der Waals surface area contributed by atoms with Gasteiger partial charge in [-0.25, -0.2) is 0 Å². The SMILES string of the molecule is O=[N+]([O-])[O-].SCC[n+]1cccc2ccccc21. The van der Waals surface area contributed by atoms with Crippen LogP contribution in [0.2, 0.25) is 0 Å². The van der Waals surface area contributed by atoms with Gasteiger partial charge < -0.3 is 15.3 Å².